The molecule has 0 fully saturated rings. The predicted octanol–water partition coefficient (Wildman–Crippen LogP) is 1.05. The highest BCUT2D eigenvalue weighted by molar-refractivity contribution is 7.22. The predicted molar refractivity (Wildman–Crippen MR) is 59.3 cm³/mol. The summed E-state index contributed by atoms with van der Waals surface area (Å²) in [6.07, 6.45) is 0. The van der Waals surface area contributed by atoms with E-state index in [-0.39, 0.29) is 5.91 Å². The summed E-state index contributed by atoms with van der Waals surface area (Å²) in [6.45, 7) is 1.46. The highest BCUT2D eigenvalue weighted by atomic mass is 32.1. The molecule has 0 aliphatic carbocycles. The molecule has 1 heterocycles. The number of nitrogens with one attached hydrogen (secondary N) is 1. The van der Waals surface area contributed by atoms with Crippen molar-refractivity contribution in [3.8, 4) is 0 Å². The summed E-state index contributed by atoms with van der Waals surface area (Å²) in [5.41, 5.74) is 1.50. The minimum atomic E-state index is -0.114. The third-order valence-corrected chi connectivity index (χ3v) is 2.65. The van der Waals surface area contributed by atoms with Crippen LogP contribution in [0.2, 0.25) is 0 Å². The van der Waals surface area contributed by atoms with E-state index in [4.69, 9.17) is 7.85 Å². The fourth-order valence-corrected chi connectivity index (χ4v) is 2.04. The summed E-state index contributed by atoms with van der Waals surface area (Å²) in [5.74, 6) is -0.114. The zero-order valence-corrected chi connectivity index (χ0v) is 8.39. The van der Waals surface area contributed by atoms with E-state index in [2.05, 4.69) is 10.3 Å². The van der Waals surface area contributed by atoms with E-state index < -0.39 is 0 Å². The van der Waals surface area contributed by atoms with Gasteiger partial charge in [0.25, 0.3) is 0 Å². The van der Waals surface area contributed by atoms with Crippen LogP contribution in [-0.4, -0.2) is 18.7 Å². The molecule has 1 N–H and O–H groups in total. The van der Waals surface area contributed by atoms with Gasteiger partial charge in [-0.1, -0.05) is 22.9 Å². The van der Waals surface area contributed by atoms with Gasteiger partial charge in [0.15, 0.2) is 5.13 Å². The number of aromatic nitrogens is 1. The Morgan fingerprint density at radius 1 is 1.57 bits per heavy atom. The minimum absolute atomic E-state index is 0.114. The summed E-state index contributed by atoms with van der Waals surface area (Å²) in [6, 6.07) is 5.50. The molecule has 5 heteroatoms. The van der Waals surface area contributed by atoms with Crippen LogP contribution < -0.4 is 10.8 Å². The van der Waals surface area contributed by atoms with Crippen molar-refractivity contribution in [2.75, 3.05) is 5.32 Å². The van der Waals surface area contributed by atoms with Crippen molar-refractivity contribution in [2.45, 2.75) is 6.92 Å². The molecule has 14 heavy (non-hydrogen) atoms. The Morgan fingerprint density at radius 2 is 2.36 bits per heavy atom. The highest BCUT2D eigenvalue weighted by Gasteiger charge is 2.04. The summed E-state index contributed by atoms with van der Waals surface area (Å²) >= 11 is 1.44. The zero-order valence-electron chi connectivity index (χ0n) is 7.57. The van der Waals surface area contributed by atoms with Gasteiger partial charge in [0.1, 0.15) is 7.85 Å². The van der Waals surface area contributed by atoms with Crippen molar-refractivity contribution in [3.05, 3.63) is 18.2 Å². The largest absolute Gasteiger partial charge is 0.302 e. The van der Waals surface area contributed by atoms with Gasteiger partial charge < -0.3 is 5.32 Å². The Balaban J connectivity index is 2.46. The van der Waals surface area contributed by atoms with Crippen molar-refractivity contribution >= 4 is 45.9 Å². The molecular weight excluding hydrogens is 195 g/mol. The second-order valence-corrected chi connectivity index (χ2v) is 3.96. The van der Waals surface area contributed by atoms with Crippen LogP contribution in [0.5, 0.6) is 0 Å². The van der Waals surface area contributed by atoms with Crippen molar-refractivity contribution in [2.24, 2.45) is 0 Å². The molecule has 0 spiro atoms. The molecule has 1 amide bonds. The van der Waals surface area contributed by atoms with Crippen molar-refractivity contribution in [3.63, 3.8) is 0 Å². The summed E-state index contributed by atoms with van der Waals surface area (Å²) in [4.78, 5) is 15.0. The molecule has 0 aliphatic rings. The first-order valence-corrected chi connectivity index (χ1v) is 4.90. The van der Waals surface area contributed by atoms with Crippen LogP contribution in [-0.2, 0) is 4.79 Å². The first-order valence-electron chi connectivity index (χ1n) is 4.09. The first kappa shape index (κ1) is 9.21. The van der Waals surface area contributed by atoms with Gasteiger partial charge in [-0.05, 0) is 12.1 Å². The van der Waals surface area contributed by atoms with Crippen molar-refractivity contribution in [1.29, 1.82) is 0 Å². The first-order chi connectivity index (χ1) is 6.65. The van der Waals surface area contributed by atoms with Crippen LogP contribution in [0.25, 0.3) is 10.2 Å². The van der Waals surface area contributed by atoms with Gasteiger partial charge in [0.05, 0.1) is 10.2 Å². The molecule has 1 aromatic carbocycles. The molecule has 0 saturated heterocycles. The van der Waals surface area contributed by atoms with Crippen LogP contribution >= 0.6 is 11.3 Å². The fraction of sp³-hybridized carbons (Fsp3) is 0.111. The topological polar surface area (TPSA) is 42.0 Å². The number of amides is 1. The van der Waals surface area contributed by atoms with Gasteiger partial charge >= 0.3 is 0 Å². The lowest BCUT2D eigenvalue weighted by molar-refractivity contribution is -0.114. The summed E-state index contributed by atoms with van der Waals surface area (Å²) < 4.78 is 1.02. The molecule has 2 aromatic rings. The fourth-order valence-electron chi connectivity index (χ4n) is 1.15. The molecular formula is C9H7BN2OS. The van der Waals surface area contributed by atoms with Crippen LogP contribution in [0.3, 0.4) is 0 Å². The maximum atomic E-state index is 10.8. The molecule has 2 rings (SSSR count). The van der Waals surface area contributed by atoms with Gasteiger partial charge in [-0.15, -0.1) is 0 Å². The van der Waals surface area contributed by atoms with Gasteiger partial charge in [-0.2, -0.15) is 0 Å². The average molecular weight is 202 g/mol. The van der Waals surface area contributed by atoms with E-state index in [1.807, 2.05) is 12.1 Å². The summed E-state index contributed by atoms with van der Waals surface area (Å²) in [5, 5.41) is 3.25. The number of carbonyl (C=O) groups is 1. The average Bonchev–Trinajstić information content (AvgIpc) is 2.44. The lowest BCUT2D eigenvalue weighted by Crippen LogP contribution is -2.04. The van der Waals surface area contributed by atoms with E-state index in [0.717, 1.165) is 10.2 Å². The van der Waals surface area contributed by atoms with Crippen LogP contribution in [0.4, 0.5) is 5.13 Å². The van der Waals surface area contributed by atoms with Gasteiger partial charge in [-0.3, -0.25) is 4.79 Å². The molecule has 0 saturated carbocycles. The number of rotatable bonds is 1. The number of hydrogen-bond acceptors (Lipinski definition) is 3. The lowest BCUT2D eigenvalue weighted by Gasteiger charge is -1.91. The molecule has 68 valence electrons. The maximum Gasteiger partial charge on any atom is 0.223 e. The minimum Gasteiger partial charge on any atom is -0.302 e. The molecule has 0 bridgehead atoms. The monoisotopic (exact) mass is 202 g/mol. The number of fused-ring (bicyclic) bond motifs is 1. The van der Waals surface area contributed by atoms with E-state index in [1.54, 1.807) is 6.07 Å². The molecule has 0 aliphatic heterocycles. The van der Waals surface area contributed by atoms with Crippen molar-refractivity contribution in [1.82, 2.24) is 4.98 Å². The van der Waals surface area contributed by atoms with E-state index in [9.17, 15) is 4.79 Å². The third kappa shape index (κ3) is 1.77. The number of nitrogens with zero attached hydrogens (tertiary/aromatic N) is 1. The Kier molecular flexibility index (Phi) is 2.25. The van der Waals surface area contributed by atoms with Gasteiger partial charge in [-0.25, -0.2) is 4.98 Å². The molecule has 0 atom stereocenters. The number of benzene rings is 1. The van der Waals surface area contributed by atoms with Gasteiger partial charge in [0.2, 0.25) is 5.91 Å². The second kappa shape index (κ2) is 3.42. The summed E-state index contributed by atoms with van der Waals surface area (Å²) in [7, 11) is 5.61. The quantitative estimate of drug-likeness (QED) is 0.702. The molecule has 2 radical (unpaired) electrons. The van der Waals surface area contributed by atoms with E-state index in [1.165, 1.54) is 18.3 Å². The van der Waals surface area contributed by atoms with Crippen LogP contribution in [0, 0.1) is 0 Å². The van der Waals surface area contributed by atoms with E-state index in [0.29, 0.717) is 10.6 Å². The Bertz CT molecular complexity index is 495. The third-order valence-electron chi connectivity index (χ3n) is 1.69. The normalized spacial score (nSPS) is 10.4. The SMILES string of the molecule is [B]c1ccc2sc(NC(C)=O)nc2c1. The van der Waals surface area contributed by atoms with Crippen LogP contribution in [0.1, 0.15) is 6.92 Å². The van der Waals surface area contributed by atoms with Gasteiger partial charge in [0, 0.05) is 6.92 Å². The zero-order chi connectivity index (χ0) is 10.1. The lowest BCUT2D eigenvalue weighted by atomic mass is 9.96. The van der Waals surface area contributed by atoms with E-state index >= 15 is 0 Å². The smallest absolute Gasteiger partial charge is 0.223 e. The maximum absolute atomic E-state index is 10.8. The van der Waals surface area contributed by atoms with Crippen LogP contribution in [0.15, 0.2) is 18.2 Å². The Morgan fingerprint density at radius 3 is 3.07 bits per heavy atom. The molecule has 0 unspecified atom stereocenters. The standard InChI is InChI=1S/C9H7BN2OS/c1-5(13)11-9-12-7-4-6(10)2-3-8(7)14-9/h2-4H,1H3,(H,11,12,13). The highest BCUT2D eigenvalue weighted by Crippen LogP contribution is 2.24. The second-order valence-electron chi connectivity index (χ2n) is 2.93. The Hall–Kier alpha value is -1.36. The number of carbonyl (C=O) groups excluding carboxylic acids is 1. The Labute approximate surface area is 86.6 Å². The number of hydrogen-bond donors (Lipinski definition) is 1. The number of anilines is 1. The number of thiazole rings is 1. The molecule has 1 aromatic heterocycles. The molecule has 3 nitrogen and oxygen atoms in total. The van der Waals surface area contributed by atoms with Crippen molar-refractivity contribution < 1.29 is 4.79 Å².